The van der Waals surface area contributed by atoms with Crippen LogP contribution in [0.25, 0.3) is 10.9 Å². The maximum Gasteiger partial charge on any atom is 0.226 e. The van der Waals surface area contributed by atoms with E-state index in [1.54, 1.807) is 13.3 Å². The number of nitrogens with zero attached hydrogens (tertiary/aromatic N) is 3. The molecule has 6 nitrogen and oxygen atoms in total. The number of ether oxygens (including phenoxy) is 1. The number of aromatic nitrogens is 2. The molecule has 0 spiro atoms. The number of aliphatic hydroxyl groups is 1. The molecule has 1 saturated carbocycles. The van der Waals surface area contributed by atoms with Crippen molar-refractivity contribution in [3.8, 4) is 0 Å². The zero-order valence-corrected chi connectivity index (χ0v) is 17.2. The van der Waals surface area contributed by atoms with Crippen molar-refractivity contribution in [2.24, 2.45) is 5.92 Å². The van der Waals surface area contributed by atoms with Crippen molar-refractivity contribution in [1.29, 1.82) is 0 Å². The predicted molar refractivity (Wildman–Crippen MR) is 110 cm³/mol. The monoisotopic (exact) mass is 397 g/mol. The summed E-state index contributed by atoms with van der Waals surface area (Å²) in [4.78, 5) is 19.7. The summed E-state index contributed by atoms with van der Waals surface area (Å²) in [6.07, 6.45) is 13.2. The third kappa shape index (κ3) is 3.46. The molecule has 3 aliphatic rings. The van der Waals surface area contributed by atoms with E-state index < -0.39 is 5.60 Å². The van der Waals surface area contributed by atoms with Gasteiger partial charge in [0.2, 0.25) is 5.91 Å². The van der Waals surface area contributed by atoms with Gasteiger partial charge in [0.1, 0.15) is 0 Å². The molecule has 3 fully saturated rings. The Hall–Kier alpha value is -1.92. The molecule has 5 rings (SSSR count). The highest BCUT2D eigenvalue weighted by atomic mass is 16.5. The van der Waals surface area contributed by atoms with Gasteiger partial charge in [0.25, 0.3) is 0 Å². The van der Waals surface area contributed by atoms with E-state index in [1.165, 1.54) is 0 Å². The highest BCUT2D eigenvalue weighted by Gasteiger charge is 2.50. The predicted octanol–water partition coefficient (Wildman–Crippen LogP) is 3.13. The molecular formula is C23H31N3O3. The Morgan fingerprint density at radius 2 is 2.03 bits per heavy atom. The van der Waals surface area contributed by atoms with Gasteiger partial charge in [-0.1, -0.05) is 6.42 Å². The van der Waals surface area contributed by atoms with Crippen LogP contribution < -0.4 is 0 Å². The molecule has 1 N–H and O–H groups in total. The molecule has 0 unspecified atom stereocenters. The lowest BCUT2D eigenvalue weighted by Crippen LogP contribution is -2.56. The topological polar surface area (TPSA) is 67.6 Å². The number of methoxy groups -OCH3 is 1. The molecule has 1 amide bonds. The van der Waals surface area contributed by atoms with Crippen LogP contribution in [0.2, 0.25) is 0 Å². The summed E-state index contributed by atoms with van der Waals surface area (Å²) in [6.45, 7) is 0.562. The van der Waals surface area contributed by atoms with Gasteiger partial charge >= 0.3 is 0 Å². The fourth-order valence-corrected chi connectivity index (χ4v) is 6.09. The molecule has 156 valence electrons. The van der Waals surface area contributed by atoms with Crippen LogP contribution in [0.15, 0.2) is 30.7 Å². The Balaban J connectivity index is 1.31. The Bertz CT molecular complexity index is 880. The molecule has 2 aromatic heterocycles. The van der Waals surface area contributed by atoms with Crippen LogP contribution >= 0.6 is 0 Å². The average Bonchev–Trinajstić information content (AvgIpc) is 3.26. The summed E-state index contributed by atoms with van der Waals surface area (Å²) < 4.78 is 7.65. The quantitative estimate of drug-likeness (QED) is 0.861. The lowest BCUT2D eigenvalue weighted by Gasteiger charge is -2.45. The molecule has 2 aromatic rings. The van der Waals surface area contributed by atoms with Gasteiger partial charge in [-0.05, 0) is 57.1 Å². The molecule has 1 aliphatic carbocycles. The summed E-state index contributed by atoms with van der Waals surface area (Å²) in [6, 6.07) is 4.39. The third-order valence-corrected chi connectivity index (χ3v) is 7.46. The second-order valence-corrected chi connectivity index (χ2v) is 9.36. The summed E-state index contributed by atoms with van der Waals surface area (Å²) in [5.41, 5.74) is 0.283. The van der Waals surface area contributed by atoms with Crippen molar-refractivity contribution >= 4 is 16.8 Å². The van der Waals surface area contributed by atoms with Gasteiger partial charge in [-0.2, -0.15) is 0 Å². The van der Waals surface area contributed by atoms with Crippen molar-refractivity contribution in [3.63, 3.8) is 0 Å². The minimum Gasteiger partial charge on any atom is -0.388 e. The fourth-order valence-electron chi connectivity index (χ4n) is 6.09. The number of hydrogen-bond donors (Lipinski definition) is 1. The molecule has 0 aromatic carbocycles. The first kappa shape index (κ1) is 19.1. The van der Waals surface area contributed by atoms with E-state index >= 15 is 0 Å². The minimum atomic E-state index is -0.772. The minimum absolute atomic E-state index is 0.0856. The molecule has 4 heterocycles. The number of carbonyl (C=O) groups excluding carboxylic acids is 1. The Kier molecular flexibility index (Phi) is 4.87. The number of rotatable bonds is 4. The molecule has 29 heavy (non-hydrogen) atoms. The zero-order chi connectivity index (χ0) is 20.0. The van der Waals surface area contributed by atoms with E-state index in [1.807, 2.05) is 18.5 Å². The lowest BCUT2D eigenvalue weighted by molar-refractivity contribution is -0.149. The summed E-state index contributed by atoms with van der Waals surface area (Å²) in [7, 11) is 1.75. The normalized spacial score (nSPS) is 34.6. The van der Waals surface area contributed by atoms with Gasteiger partial charge in [-0.25, -0.2) is 0 Å². The van der Waals surface area contributed by atoms with Gasteiger partial charge in [0.15, 0.2) is 0 Å². The highest BCUT2D eigenvalue weighted by molar-refractivity contribution is 5.80. The van der Waals surface area contributed by atoms with Crippen molar-refractivity contribution in [2.45, 2.75) is 81.7 Å². The number of carbonyl (C=O) groups is 1. The molecular weight excluding hydrogens is 366 g/mol. The average molecular weight is 398 g/mol. The van der Waals surface area contributed by atoms with E-state index in [4.69, 9.17) is 4.74 Å². The van der Waals surface area contributed by atoms with Crippen LogP contribution in [-0.4, -0.2) is 56.4 Å². The summed E-state index contributed by atoms with van der Waals surface area (Å²) in [5.74, 6) is 0.388. The van der Waals surface area contributed by atoms with Crippen LogP contribution in [0.3, 0.4) is 0 Å². The number of fused-ring (bicyclic) bond motifs is 3. The molecule has 2 bridgehead atoms. The van der Waals surface area contributed by atoms with Crippen molar-refractivity contribution in [1.82, 2.24) is 14.5 Å². The van der Waals surface area contributed by atoms with E-state index in [0.717, 1.165) is 49.4 Å². The SMILES string of the molecule is CO[C@H]1CCC[C@@H](C(=O)N2[C@H]3CC[C@H]2CC(O)(Cn2ccc4ccncc42)C3)C1. The van der Waals surface area contributed by atoms with Gasteiger partial charge in [-0.3, -0.25) is 9.78 Å². The first-order valence-corrected chi connectivity index (χ1v) is 11.0. The number of hydrogen-bond acceptors (Lipinski definition) is 4. The van der Waals surface area contributed by atoms with Crippen LogP contribution in [0.1, 0.15) is 51.4 Å². The second kappa shape index (κ2) is 7.40. The Morgan fingerprint density at radius 1 is 1.24 bits per heavy atom. The van der Waals surface area contributed by atoms with Crippen molar-refractivity contribution < 1.29 is 14.6 Å². The van der Waals surface area contributed by atoms with E-state index in [0.29, 0.717) is 25.3 Å². The van der Waals surface area contributed by atoms with Crippen molar-refractivity contribution in [3.05, 3.63) is 30.7 Å². The van der Waals surface area contributed by atoms with E-state index in [2.05, 4.69) is 20.5 Å². The van der Waals surface area contributed by atoms with Crippen LogP contribution in [0.4, 0.5) is 0 Å². The van der Waals surface area contributed by atoms with E-state index in [-0.39, 0.29) is 24.1 Å². The molecule has 2 aliphatic heterocycles. The maximum atomic E-state index is 13.4. The highest BCUT2D eigenvalue weighted by Crippen LogP contribution is 2.43. The lowest BCUT2D eigenvalue weighted by atomic mass is 9.82. The molecule has 0 radical (unpaired) electrons. The number of pyridine rings is 1. The van der Waals surface area contributed by atoms with Crippen LogP contribution in [0, 0.1) is 5.92 Å². The van der Waals surface area contributed by atoms with Gasteiger partial charge in [-0.15, -0.1) is 0 Å². The first-order valence-electron chi connectivity index (χ1n) is 11.0. The maximum absolute atomic E-state index is 13.4. The number of piperidine rings is 1. The van der Waals surface area contributed by atoms with Gasteiger partial charge < -0.3 is 19.3 Å². The van der Waals surface area contributed by atoms with Crippen LogP contribution in [0.5, 0.6) is 0 Å². The summed E-state index contributed by atoms with van der Waals surface area (Å²) in [5, 5.41) is 12.6. The van der Waals surface area contributed by atoms with Gasteiger partial charge in [0.05, 0.1) is 30.0 Å². The van der Waals surface area contributed by atoms with Gasteiger partial charge in [0, 0.05) is 42.9 Å². The standard InChI is InChI=1S/C23H31N3O3/c1-29-20-4-2-3-17(11-20)22(27)26-18-5-6-19(26)13-23(28,12-18)15-25-10-8-16-7-9-24-14-21(16)25/h7-10,14,17-20,28H,2-6,11-13,15H2,1H3/t17-,18+,19+,20+/m1/s1. The van der Waals surface area contributed by atoms with E-state index in [9.17, 15) is 9.90 Å². The molecule has 6 heteroatoms. The fraction of sp³-hybridized carbons (Fsp3) is 0.652. The Labute approximate surface area is 171 Å². The molecule has 2 saturated heterocycles. The van der Waals surface area contributed by atoms with Crippen molar-refractivity contribution in [2.75, 3.05) is 7.11 Å². The largest absolute Gasteiger partial charge is 0.388 e. The second-order valence-electron chi connectivity index (χ2n) is 9.36. The number of amides is 1. The molecule has 4 atom stereocenters. The van der Waals surface area contributed by atoms with Crippen LogP contribution in [-0.2, 0) is 16.1 Å². The zero-order valence-electron chi connectivity index (χ0n) is 17.2. The smallest absolute Gasteiger partial charge is 0.226 e. The Morgan fingerprint density at radius 3 is 2.79 bits per heavy atom. The summed E-state index contributed by atoms with van der Waals surface area (Å²) >= 11 is 0. The first-order chi connectivity index (χ1) is 14.1. The third-order valence-electron chi connectivity index (χ3n) is 7.46.